The van der Waals surface area contributed by atoms with Crippen LogP contribution in [0.4, 0.5) is 16.5 Å². The zero-order valence-electron chi connectivity index (χ0n) is 14.7. The molecule has 0 fully saturated rings. The zero-order valence-corrected chi connectivity index (χ0v) is 16.3. The van der Waals surface area contributed by atoms with E-state index in [2.05, 4.69) is 15.4 Å². The molecule has 4 rings (SSSR count). The second-order valence-electron chi connectivity index (χ2n) is 6.02. The van der Waals surface area contributed by atoms with Crippen molar-refractivity contribution in [3.63, 3.8) is 0 Å². The molecule has 0 bridgehead atoms. The van der Waals surface area contributed by atoms with Crippen molar-refractivity contribution >= 4 is 50.3 Å². The van der Waals surface area contributed by atoms with Gasteiger partial charge < -0.3 is 10.2 Å². The van der Waals surface area contributed by atoms with Crippen molar-refractivity contribution in [2.24, 2.45) is 0 Å². The molecule has 1 N–H and O–H groups in total. The maximum absolute atomic E-state index is 11.5. The number of amides is 1. The summed E-state index contributed by atoms with van der Waals surface area (Å²) in [6, 6.07) is 15.2. The normalized spacial score (nSPS) is 10.9. The predicted octanol–water partition coefficient (Wildman–Crippen LogP) is 4.84. The van der Waals surface area contributed by atoms with Crippen LogP contribution < -0.4 is 10.2 Å². The Kier molecular flexibility index (Phi) is 4.55. The number of imidazole rings is 1. The molecule has 1 amide bonds. The Hall–Kier alpha value is -2.90. The lowest BCUT2D eigenvalue weighted by Crippen LogP contribution is -2.22. The van der Waals surface area contributed by atoms with Crippen LogP contribution in [0.2, 0.25) is 5.02 Å². The fraction of sp³-hybridized carbons (Fsp3) is 0.105. The molecule has 0 atom stereocenters. The van der Waals surface area contributed by atoms with E-state index in [-0.39, 0.29) is 5.91 Å². The molecule has 0 aliphatic heterocycles. The fourth-order valence-electron chi connectivity index (χ4n) is 2.61. The van der Waals surface area contributed by atoms with Crippen molar-refractivity contribution in [3.05, 3.63) is 59.8 Å². The fourth-order valence-corrected chi connectivity index (χ4v) is 3.54. The maximum Gasteiger partial charge on any atom is 0.223 e. The van der Waals surface area contributed by atoms with Gasteiger partial charge in [0.15, 0.2) is 0 Å². The minimum absolute atomic E-state index is 0.0189. The number of aromatic nitrogens is 3. The largest absolute Gasteiger partial charge is 0.330 e. The number of carbonyl (C=O) groups excluding carboxylic acids is 1. The molecule has 8 heteroatoms. The number of nitrogens with one attached hydrogen (secondary N) is 1. The molecule has 0 unspecified atom stereocenters. The third kappa shape index (κ3) is 3.65. The minimum atomic E-state index is -0.0189. The van der Waals surface area contributed by atoms with Crippen LogP contribution in [0.15, 0.2) is 54.7 Å². The van der Waals surface area contributed by atoms with Gasteiger partial charge in [-0.25, -0.2) is 9.50 Å². The number of anilines is 3. The van der Waals surface area contributed by atoms with Crippen LogP contribution in [-0.2, 0) is 4.79 Å². The van der Waals surface area contributed by atoms with Crippen LogP contribution in [0.5, 0.6) is 0 Å². The van der Waals surface area contributed by atoms with Crippen LogP contribution >= 0.6 is 22.9 Å². The molecule has 0 aliphatic carbocycles. The highest BCUT2D eigenvalue weighted by Gasteiger charge is 2.11. The Balaban J connectivity index is 1.57. The average molecular weight is 398 g/mol. The summed E-state index contributed by atoms with van der Waals surface area (Å²) >= 11 is 7.39. The number of nitrogens with zero attached hydrogens (tertiary/aromatic N) is 4. The molecule has 0 aliphatic rings. The highest BCUT2D eigenvalue weighted by atomic mass is 35.5. The van der Waals surface area contributed by atoms with Crippen molar-refractivity contribution in [1.82, 2.24) is 14.6 Å². The van der Waals surface area contributed by atoms with Gasteiger partial charge in [0.25, 0.3) is 0 Å². The molecule has 27 heavy (non-hydrogen) atoms. The van der Waals surface area contributed by atoms with Crippen molar-refractivity contribution in [2.75, 3.05) is 17.3 Å². The zero-order chi connectivity index (χ0) is 19.0. The molecule has 0 radical (unpaired) electrons. The van der Waals surface area contributed by atoms with Gasteiger partial charge >= 0.3 is 0 Å². The summed E-state index contributed by atoms with van der Waals surface area (Å²) in [4.78, 5) is 18.6. The Morgan fingerprint density at radius 2 is 2.00 bits per heavy atom. The number of halogens is 1. The molecule has 0 saturated carbocycles. The molecule has 2 aromatic carbocycles. The molecule has 2 heterocycles. The first-order valence-corrected chi connectivity index (χ1v) is 9.42. The van der Waals surface area contributed by atoms with E-state index in [4.69, 9.17) is 11.6 Å². The molecule has 136 valence electrons. The van der Waals surface area contributed by atoms with Crippen LogP contribution in [0.25, 0.3) is 16.2 Å². The second-order valence-corrected chi connectivity index (χ2v) is 7.41. The van der Waals surface area contributed by atoms with Gasteiger partial charge in [-0.1, -0.05) is 41.1 Å². The van der Waals surface area contributed by atoms with E-state index in [0.29, 0.717) is 5.02 Å². The highest BCUT2D eigenvalue weighted by molar-refractivity contribution is 7.20. The SMILES string of the molecule is CC(=O)N(C)c1cccc(Nc2nn3cc(-c4ccc(Cl)cc4)nc3s2)c1. The lowest BCUT2D eigenvalue weighted by Gasteiger charge is -2.15. The van der Waals surface area contributed by atoms with Crippen LogP contribution in [0.1, 0.15) is 6.92 Å². The smallest absolute Gasteiger partial charge is 0.223 e. The lowest BCUT2D eigenvalue weighted by molar-refractivity contribution is -0.116. The van der Waals surface area contributed by atoms with E-state index in [9.17, 15) is 4.79 Å². The van der Waals surface area contributed by atoms with E-state index in [1.807, 2.05) is 54.7 Å². The van der Waals surface area contributed by atoms with E-state index in [1.165, 1.54) is 18.3 Å². The summed E-state index contributed by atoms with van der Waals surface area (Å²) in [6.45, 7) is 1.54. The van der Waals surface area contributed by atoms with Crippen LogP contribution in [-0.4, -0.2) is 27.6 Å². The summed E-state index contributed by atoms with van der Waals surface area (Å²) in [5.74, 6) is -0.0189. The lowest BCUT2D eigenvalue weighted by atomic mass is 10.2. The average Bonchev–Trinajstić information content (AvgIpc) is 3.20. The Morgan fingerprint density at radius 1 is 1.22 bits per heavy atom. The van der Waals surface area contributed by atoms with E-state index >= 15 is 0 Å². The van der Waals surface area contributed by atoms with Gasteiger partial charge in [-0.15, -0.1) is 5.10 Å². The summed E-state index contributed by atoms with van der Waals surface area (Å²) < 4.78 is 1.75. The van der Waals surface area contributed by atoms with E-state index in [1.54, 1.807) is 16.5 Å². The number of hydrogen-bond donors (Lipinski definition) is 1. The molecular formula is C19H16ClN5OS. The van der Waals surface area contributed by atoms with Gasteiger partial charge in [0.05, 0.1) is 11.9 Å². The molecule has 2 aromatic heterocycles. The Bertz CT molecular complexity index is 1090. The first-order chi connectivity index (χ1) is 13.0. The third-order valence-electron chi connectivity index (χ3n) is 4.14. The van der Waals surface area contributed by atoms with Gasteiger partial charge in [0, 0.05) is 35.9 Å². The van der Waals surface area contributed by atoms with Gasteiger partial charge in [-0.2, -0.15) is 0 Å². The number of fused-ring (bicyclic) bond motifs is 1. The Morgan fingerprint density at radius 3 is 2.70 bits per heavy atom. The van der Waals surface area contributed by atoms with Gasteiger partial charge in [0.1, 0.15) is 0 Å². The summed E-state index contributed by atoms with van der Waals surface area (Å²) in [7, 11) is 1.75. The topological polar surface area (TPSA) is 62.5 Å². The first kappa shape index (κ1) is 17.5. The first-order valence-electron chi connectivity index (χ1n) is 8.23. The standard InChI is InChI=1S/C19H16ClN5OS/c1-12(26)24(2)16-5-3-4-15(10-16)21-18-23-25-11-17(22-19(25)27-18)13-6-8-14(20)9-7-13/h3-11H,1-2H3,(H,21,23). The predicted molar refractivity (Wildman–Crippen MR) is 110 cm³/mol. The number of benzene rings is 2. The summed E-state index contributed by atoms with van der Waals surface area (Å²) in [6.07, 6.45) is 1.89. The molecular weight excluding hydrogens is 382 g/mol. The summed E-state index contributed by atoms with van der Waals surface area (Å²) in [5, 5.41) is 9.23. The van der Waals surface area contributed by atoms with Crippen LogP contribution in [0.3, 0.4) is 0 Å². The third-order valence-corrected chi connectivity index (χ3v) is 5.23. The van der Waals surface area contributed by atoms with Crippen molar-refractivity contribution in [1.29, 1.82) is 0 Å². The number of rotatable bonds is 4. The summed E-state index contributed by atoms with van der Waals surface area (Å²) in [5.41, 5.74) is 3.52. The highest BCUT2D eigenvalue weighted by Crippen LogP contribution is 2.28. The molecule has 6 nitrogen and oxygen atoms in total. The molecule has 0 saturated heterocycles. The minimum Gasteiger partial charge on any atom is -0.330 e. The second kappa shape index (κ2) is 7.02. The van der Waals surface area contributed by atoms with E-state index < -0.39 is 0 Å². The van der Waals surface area contributed by atoms with Gasteiger partial charge in [-0.3, -0.25) is 4.79 Å². The van der Waals surface area contributed by atoms with Crippen LogP contribution in [0, 0.1) is 0 Å². The number of hydrogen-bond acceptors (Lipinski definition) is 5. The quantitative estimate of drug-likeness (QED) is 0.535. The van der Waals surface area contributed by atoms with Crippen molar-refractivity contribution in [3.8, 4) is 11.3 Å². The monoisotopic (exact) mass is 397 g/mol. The molecule has 0 spiro atoms. The van der Waals surface area contributed by atoms with Gasteiger partial charge in [-0.05, 0) is 30.3 Å². The molecule has 4 aromatic rings. The van der Waals surface area contributed by atoms with Gasteiger partial charge in [0.2, 0.25) is 16.0 Å². The Labute approximate surface area is 165 Å². The van der Waals surface area contributed by atoms with Crippen molar-refractivity contribution in [2.45, 2.75) is 6.92 Å². The van der Waals surface area contributed by atoms with Crippen molar-refractivity contribution < 1.29 is 4.79 Å². The van der Waals surface area contributed by atoms with E-state index in [0.717, 1.165) is 32.7 Å². The number of carbonyl (C=O) groups is 1. The maximum atomic E-state index is 11.5.